The fraction of sp³-hybridized carbons (Fsp3) is 0.296. The van der Waals surface area contributed by atoms with Crippen LogP contribution in [0, 0.1) is 0 Å². The standard InChI is InChI=1S/C27H31NO6S/c1-27(2,3)34-26(30)25(18-20-10-12-22(29)13-11-20)28(19-21-8-6-5-7-9-21)35(31,32)24-16-14-23(33-4)15-17-24/h5-17,25,29H,18-19H2,1-4H3. The van der Waals surface area contributed by atoms with Crippen LogP contribution in [0.1, 0.15) is 31.9 Å². The maximum absolute atomic E-state index is 13.9. The first kappa shape index (κ1) is 26.2. The summed E-state index contributed by atoms with van der Waals surface area (Å²) in [5.74, 6) is -0.0560. The number of nitrogens with zero attached hydrogens (tertiary/aromatic N) is 1. The van der Waals surface area contributed by atoms with Crippen LogP contribution in [0.5, 0.6) is 11.5 Å². The van der Waals surface area contributed by atoms with Crippen LogP contribution < -0.4 is 4.74 Å². The zero-order valence-electron chi connectivity index (χ0n) is 20.3. The average molecular weight is 498 g/mol. The van der Waals surface area contributed by atoms with E-state index in [4.69, 9.17) is 9.47 Å². The van der Waals surface area contributed by atoms with Crippen LogP contribution in [0.3, 0.4) is 0 Å². The molecule has 35 heavy (non-hydrogen) atoms. The number of ether oxygens (including phenoxy) is 2. The second kappa shape index (κ2) is 10.9. The molecule has 0 heterocycles. The second-order valence-electron chi connectivity index (χ2n) is 9.13. The molecule has 0 bridgehead atoms. The summed E-state index contributed by atoms with van der Waals surface area (Å²) in [4.78, 5) is 13.5. The Balaban J connectivity index is 2.11. The van der Waals surface area contributed by atoms with Gasteiger partial charge in [-0.25, -0.2) is 8.42 Å². The second-order valence-corrected chi connectivity index (χ2v) is 11.0. The lowest BCUT2D eigenvalue weighted by atomic mass is 10.0. The van der Waals surface area contributed by atoms with E-state index in [1.807, 2.05) is 30.3 Å². The van der Waals surface area contributed by atoms with Crippen molar-refractivity contribution in [1.82, 2.24) is 4.31 Å². The lowest BCUT2D eigenvalue weighted by Gasteiger charge is -2.32. The molecule has 3 rings (SSSR count). The van der Waals surface area contributed by atoms with Crippen molar-refractivity contribution in [3.63, 3.8) is 0 Å². The molecular weight excluding hydrogens is 466 g/mol. The quantitative estimate of drug-likeness (QED) is 0.436. The SMILES string of the molecule is COc1ccc(S(=O)(=O)N(Cc2ccccc2)C(Cc2ccc(O)cc2)C(=O)OC(C)(C)C)cc1. The lowest BCUT2D eigenvalue weighted by molar-refractivity contribution is -0.159. The molecule has 7 nitrogen and oxygen atoms in total. The Kier molecular flexibility index (Phi) is 8.19. The van der Waals surface area contributed by atoms with Crippen LogP contribution in [0.15, 0.2) is 83.8 Å². The molecule has 0 aliphatic rings. The fourth-order valence-corrected chi connectivity index (χ4v) is 5.10. The third-order valence-electron chi connectivity index (χ3n) is 5.24. The number of methoxy groups -OCH3 is 1. The van der Waals surface area contributed by atoms with Gasteiger partial charge >= 0.3 is 5.97 Å². The molecule has 0 radical (unpaired) electrons. The van der Waals surface area contributed by atoms with Crippen LogP contribution in [0.25, 0.3) is 0 Å². The minimum atomic E-state index is -4.12. The summed E-state index contributed by atoms with van der Waals surface area (Å²) < 4.78 is 39.9. The minimum Gasteiger partial charge on any atom is -0.508 e. The minimum absolute atomic E-state index is 0.0306. The molecule has 186 valence electrons. The topological polar surface area (TPSA) is 93.1 Å². The van der Waals surface area contributed by atoms with Gasteiger partial charge in [-0.05, 0) is 74.7 Å². The molecule has 1 unspecified atom stereocenters. The Bertz CT molecular complexity index is 1220. The van der Waals surface area contributed by atoms with E-state index in [9.17, 15) is 18.3 Å². The van der Waals surface area contributed by atoms with Gasteiger partial charge in [0.1, 0.15) is 23.1 Å². The first-order valence-electron chi connectivity index (χ1n) is 11.2. The predicted octanol–water partition coefficient (Wildman–Crippen LogP) is 4.54. The van der Waals surface area contributed by atoms with E-state index >= 15 is 0 Å². The van der Waals surface area contributed by atoms with E-state index in [1.54, 1.807) is 45.0 Å². The molecule has 0 amide bonds. The Morgan fingerprint density at radius 2 is 1.51 bits per heavy atom. The van der Waals surface area contributed by atoms with Crippen LogP contribution in [0.4, 0.5) is 0 Å². The number of hydrogen-bond acceptors (Lipinski definition) is 6. The molecular formula is C27H31NO6S. The number of esters is 1. The van der Waals surface area contributed by atoms with Crippen molar-refractivity contribution in [1.29, 1.82) is 0 Å². The third-order valence-corrected chi connectivity index (χ3v) is 7.11. The maximum Gasteiger partial charge on any atom is 0.325 e. The fourth-order valence-electron chi connectivity index (χ4n) is 3.54. The molecule has 0 fully saturated rings. The molecule has 0 saturated carbocycles. The van der Waals surface area contributed by atoms with E-state index < -0.39 is 27.6 Å². The number of carbonyl (C=O) groups excluding carboxylic acids is 1. The van der Waals surface area contributed by atoms with E-state index in [1.165, 1.54) is 35.7 Å². The van der Waals surface area contributed by atoms with E-state index in [0.717, 1.165) is 5.56 Å². The number of aromatic hydroxyl groups is 1. The Morgan fingerprint density at radius 1 is 0.914 bits per heavy atom. The van der Waals surface area contributed by atoms with Gasteiger partial charge in [0, 0.05) is 6.54 Å². The predicted molar refractivity (Wildman–Crippen MR) is 134 cm³/mol. The number of carbonyl (C=O) groups is 1. The van der Waals surface area contributed by atoms with Gasteiger partial charge in [-0.3, -0.25) is 4.79 Å². The summed E-state index contributed by atoms with van der Waals surface area (Å²) in [6.45, 7) is 5.18. The summed E-state index contributed by atoms with van der Waals surface area (Å²) in [6.07, 6.45) is 0.0669. The van der Waals surface area contributed by atoms with Gasteiger partial charge in [0.05, 0.1) is 12.0 Å². The molecule has 1 atom stereocenters. The number of rotatable bonds is 9. The van der Waals surface area contributed by atoms with Gasteiger partial charge in [0.2, 0.25) is 10.0 Å². The zero-order chi connectivity index (χ0) is 25.6. The highest BCUT2D eigenvalue weighted by Gasteiger charge is 2.38. The first-order chi connectivity index (χ1) is 16.5. The third kappa shape index (κ3) is 7.07. The zero-order valence-corrected chi connectivity index (χ0v) is 21.2. The van der Waals surface area contributed by atoms with Crippen LogP contribution in [0.2, 0.25) is 0 Å². The summed E-state index contributed by atoms with van der Waals surface area (Å²) >= 11 is 0. The van der Waals surface area contributed by atoms with Crippen molar-refractivity contribution in [2.24, 2.45) is 0 Å². The van der Waals surface area contributed by atoms with Crippen LogP contribution in [-0.4, -0.2) is 42.6 Å². The van der Waals surface area contributed by atoms with E-state index in [0.29, 0.717) is 11.3 Å². The molecule has 0 saturated heterocycles. The molecule has 0 aromatic heterocycles. The Labute approximate surface area is 207 Å². The van der Waals surface area contributed by atoms with E-state index in [2.05, 4.69) is 0 Å². The van der Waals surface area contributed by atoms with Crippen molar-refractivity contribution in [2.75, 3.05) is 7.11 Å². The average Bonchev–Trinajstić information content (AvgIpc) is 2.82. The van der Waals surface area contributed by atoms with Crippen molar-refractivity contribution >= 4 is 16.0 Å². The first-order valence-corrected chi connectivity index (χ1v) is 12.6. The van der Waals surface area contributed by atoms with Crippen LogP contribution in [-0.2, 0) is 32.5 Å². The molecule has 3 aromatic rings. The Morgan fingerprint density at radius 3 is 2.06 bits per heavy atom. The highest BCUT2D eigenvalue weighted by Crippen LogP contribution is 2.27. The lowest BCUT2D eigenvalue weighted by Crippen LogP contribution is -2.48. The molecule has 0 spiro atoms. The highest BCUT2D eigenvalue weighted by atomic mass is 32.2. The summed E-state index contributed by atoms with van der Waals surface area (Å²) in [5.41, 5.74) is 0.595. The summed E-state index contributed by atoms with van der Waals surface area (Å²) in [6, 6.07) is 20.3. The van der Waals surface area contributed by atoms with Crippen molar-refractivity contribution < 1.29 is 27.8 Å². The van der Waals surface area contributed by atoms with Crippen molar-refractivity contribution in [3.05, 3.63) is 90.0 Å². The number of benzene rings is 3. The normalized spacial score (nSPS) is 12.8. The molecule has 0 aliphatic heterocycles. The van der Waals surface area contributed by atoms with Gasteiger partial charge in [-0.15, -0.1) is 0 Å². The van der Waals surface area contributed by atoms with Gasteiger partial charge in [0.25, 0.3) is 0 Å². The maximum atomic E-state index is 13.9. The van der Waals surface area contributed by atoms with Gasteiger partial charge in [-0.1, -0.05) is 42.5 Å². The monoisotopic (exact) mass is 497 g/mol. The van der Waals surface area contributed by atoms with Gasteiger partial charge < -0.3 is 14.6 Å². The number of sulfonamides is 1. The largest absolute Gasteiger partial charge is 0.508 e. The van der Waals surface area contributed by atoms with Gasteiger partial charge in [0.15, 0.2) is 0 Å². The van der Waals surface area contributed by atoms with E-state index in [-0.39, 0.29) is 23.6 Å². The van der Waals surface area contributed by atoms with Crippen LogP contribution >= 0.6 is 0 Å². The molecule has 0 aliphatic carbocycles. The summed E-state index contributed by atoms with van der Waals surface area (Å²) in [7, 11) is -2.62. The molecule has 3 aromatic carbocycles. The number of phenols is 1. The summed E-state index contributed by atoms with van der Waals surface area (Å²) in [5, 5.41) is 9.67. The number of phenolic OH excluding ortho intramolecular Hbond substituents is 1. The number of hydrogen-bond donors (Lipinski definition) is 1. The van der Waals surface area contributed by atoms with Gasteiger partial charge in [-0.2, -0.15) is 4.31 Å². The Hall–Kier alpha value is -3.36. The smallest absolute Gasteiger partial charge is 0.325 e. The highest BCUT2D eigenvalue weighted by molar-refractivity contribution is 7.89. The van der Waals surface area contributed by atoms with Crippen molar-refractivity contribution in [2.45, 2.75) is 50.3 Å². The molecule has 8 heteroatoms. The molecule has 1 N–H and O–H groups in total. The van der Waals surface area contributed by atoms with Crippen molar-refractivity contribution in [3.8, 4) is 11.5 Å².